The number of carbonyl (C=O) groups excluding carboxylic acids is 1. The predicted molar refractivity (Wildman–Crippen MR) is 106 cm³/mol. The smallest absolute Gasteiger partial charge is 0.291 e. The van der Waals surface area contributed by atoms with Crippen LogP contribution in [-0.2, 0) is 4.79 Å². The number of nitro groups is 3. The highest BCUT2D eigenvalue weighted by atomic mass is 16.7. The van der Waals surface area contributed by atoms with Crippen molar-refractivity contribution in [3.8, 4) is 0 Å². The Morgan fingerprint density at radius 3 is 1.55 bits per heavy atom. The summed E-state index contributed by atoms with van der Waals surface area (Å²) in [5.74, 6) is -1.90. The van der Waals surface area contributed by atoms with Gasteiger partial charge in [-0.3, -0.25) is 35.1 Å². The van der Waals surface area contributed by atoms with Crippen molar-refractivity contribution < 1.29 is 19.6 Å². The second-order valence-electron chi connectivity index (χ2n) is 8.06. The Kier molecular flexibility index (Phi) is 11.3. The minimum absolute atomic E-state index is 0.102. The van der Waals surface area contributed by atoms with Crippen LogP contribution >= 0.6 is 0 Å². The summed E-state index contributed by atoms with van der Waals surface area (Å²) < 4.78 is 0. The second-order valence-corrected chi connectivity index (χ2v) is 8.06. The lowest BCUT2D eigenvalue weighted by atomic mass is 10.0. The van der Waals surface area contributed by atoms with E-state index in [9.17, 15) is 35.1 Å². The van der Waals surface area contributed by atoms with Crippen LogP contribution in [0.3, 0.4) is 0 Å². The van der Waals surface area contributed by atoms with Gasteiger partial charge in [-0.15, -0.1) is 0 Å². The lowest BCUT2D eigenvalue weighted by Crippen LogP contribution is -2.53. The fourth-order valence-electron chi connectivity index (χ4n) is 3.92. The zero-order valence-corrected chi connectivity index (χ0v) is 17.0. The molecule has 0 aromatic carbocycles. The van der Waals surface area contributed by atoms with E-state index in [1.165, 1.54) is 44.9 Å². The number of nitrogens with zero attached hydrogens (tertiary/aromatic N) is 3. The summed E-state index contributed by atoms with van der Waals surface area (Å²) in [4.78, 5) is 38.5. The lowest BCUT2D eigenvalue weighted by molar-refractivity contribution is -0.970. The molecule has 0 heterocycles. The van der Waals surface area contributed by atoms with Crippen LogP contribution in [0.1, 0.15) is 96.3 Å². The van der Waals surface area contributed by atoms with Gasteiger partial charge in [-0.05, 0) is 31.1 Å². The zero-order chi connectivity index (χ0) is 21.7. The number of rotatable bonds is 19. The summed E-state index contributed by atoms with van der Waals surface area (Å²) in [7, 11) is 0. The van der Waals surface area contributed by atoms with Crippen molar-refractivity contribution >= 4 is 6.29 Å². The van der Waals surface area contributed by atoms with Gasteiger partial charge in [0, 0.05) is 6.42 Å². The van der Waals surface area contributed by atoms with Crippen LogP contribution in [-0.4, -0.2) is 26.8 Å². The van der Waals surface area contributed by atoms with E-state index >= 15 is 0 Å². The Labute approximate surface area is 170 Å². The van der Waals surface area contributed by atoms with Gasteiger partial charge >= 0.3 is 5.79 Å². The molecule has 0 N–H and O–H groups in total. The van der Waals surface area contributed by atoms with E-state index in [4.69, 9.17) is 0 Å². The fraction of sp³-hybridized carbons (Fsp3) is 0.947. The molecule has 1 aliphatic carbocycles. The van der Waals surface area contributed by atoms with Crippen LogP contribution in [0.15, 0.2) is 0 Å². The van der Waals surface area contributed by atoms with Gasteiger partial charge < -0.3 is 0 Å². The van der Waals surface area contributed by atoms with Gasteiger partial charge in [0.25, 0.3) is 0 Å². The predicted octanol–water partition coefficient (Wildman–Crippen LogP) is 4.68. The standard InChI is InChI=1S/C19H32N3O7/c23-15-11-6-4-2-1-3-5-8-12-17-16-18(17)13-9-7-10-14-19(20(24)25,21(26)27)22(28)29/h17-18H,1-14,16H2. The maximum absolute atomic E-state index is 10.9. The summed E-state index contributed by atoms with van der Waals surface area (Å²) in [6.45, 7) is 0. The SMILES string of the molecule is O=[C]CCCCCCCCCC1CC1CCCCCC([N+](=O)[O-])([N+](=O)[O-])[N+](=O)[O-]. The summed E-state index contributed by atoms with van der Waals surface area (Å²) in [6, 6.07) is 0. The maximum atomic E-state index is 10.9. The van der Waals surface area contributed by atoms with Gasteiger partial charge in [0.05, 0.1) is 0 Å². The monoisotopic (exact) mass is 414 g/mol. The van der Waals surface area contributed by atoms with Crippen molar-refractivity contribution in [1.29, 1.82) is 0 Å². The largest absolute Gasteiger partial charge is 0.699 e. The van der Waals surface area contributed by atoms with E-state index in [1.54, 1.807) is 0 Å². The van der Waals surface area contributed by atoms with E-state index in [0.717, 1.165) is 31.6 Å². The first-order chi connectivity index (χ1) is 13.9. The van der Waals surface area contributed by atoms with Crippen molar-refractivity contribution in [1.82, 2.24) is 0 Å². The topological polar surface area (TPSA) is 146 Å². The van der Waals surface area contributed by atoms with Crippen LogP contribution < -0.4 is 0 Å². The van der Waals surface area contributed by atoms with Crippen molar-refractivity contribution in [3.05, 3.63) is 30.3 Å². The molecule has 165 valence electrons. The zero-order valence-electron chi connectivity index (χ0n) is 17.0. The Hall–Kier alpha value is -2.13. The summed E-state index contributed by atoms with van der Waals surface area (Å²) in [5.41, 5.74) is 0. The lowest BCUT2D eigenvalue weighted by Gasteiger charge is -2.08. The van der Waals surface area contributed by atoms with Crippen molar-refractivity contribution in [2.24, 2.45) is 11.8 Å². The molecule has 2 atom stereocenters. The van der Waals surface area contributed by atoms with E-state index in [2.05, 4.69) is 0 Å². The average molecular weight is 414 g/mol. The first-order valence-electron chi connectivity index (χ1n) is 10.6. The van der Waals surface area contributed by atoms with Crippen LogP contribution in [0.4, 0.5) is 0 Å². The average Bonchev–Trinajstić information content (AvgIpc) is 3.40. The molecule has 1 fully saturated rings. The highest BCUT2D eigenvalue weighted by Crippen LogP contribution is 2.45. The molecule has 0 amide bonds. The second kappa shape index (κ2) is 13.2. The summed E-state index contributed by atoms with van der Waals surface area (Å²) in [6.07, 6.45) is 14.7. The molecule has 0 aliphatic heterocycles. The van der Waals surface area contributed by atoms with Gasteiger partial charge in [0.1, 0.15) is 0 Å². The third kappa shape index (κ3) is 8.41. The number of hydrogen-bond acceptors (Lipinski definition) is 7. The van der Waals surface area contributed by atoms with Gasteiger partial charge in [0.2, 0.25) is 0 Å². The first kappa shape index (κ1) is 24.9. The molecule has 1 rings (SSSR count). The van der Waals surface area contributed by atoms with Crippen LogP contribution in [0, 0.1) is 42.2 Å². The van der Waals surface area contributed by atoms with Crippen LogP contribution in [0.2, 0.25) is 0 Å². The van der Waals surface area contributed by atoms with Crippen molar-refractivity contribution in [3.63, 3.8) is 0 Å². The molecule has 2 unspecified atom stereocenters. The molecule has 0 saturated heterocycles. The van der Waals surface area contributed by atoms with Gasteiger partial charge in [-0.2, -0.15) is 0 Å². The number of unbranched alkanes of at least 4 members (excludes halogenated alkanes) is 9. The molecular formula is C19H32N3O7. The summed E-state index contributed by atoms with van der Waals surface area (Å²) >= 11 is 0. The molecule has 1 radical (unpaired) electrons. The quantitative estimate of drug-likeness (QED) is 0.129. The minimum Gasteiger partial charge on any atom is -0.291 e. The molecule has 0 aromatic rings. The van der Waals surface area contributed by atoms with Gasteiger partial charge in [0.15, 0.2) is 27.5 Å². The normalized spacial score (nSPS) is 18.3. The molecule has 1 saturated carbocycles. The Bertz CT molecular complexity index is 520. The fourth-order valence-corrected chi connectivity index (χ4v) is 3.92. The van der Waals surface area contributed by atoms with Gasteiger partial charge in [-0.1, -0.05) is 64.2 Å². The molecule has 10 nitrogen and oxygen atoms in total. The molecule has 1 aliphatic rings. The van der Waals surface area contributed by atoms with E-state index in [-0.39, 0.29) is 6.42 Å². The Balaban J connectivity index is 2.04. The first-order valence-corrected chi connectivity index (χ1v) is 10.6. The molecule has 29 heavy (non-hydrogen) atoms. The minimum atomic E-state index is -3.31. The Morgan fingerprint density at radius 1 is 0.690 bits per heavy atom. The maximum Gasteiger partial charge on any atom is 0.699 e. The molecule has 10 heteroatoms. The van der Waals surface area contributed by atoms with Crippen molar-refractivity contribution in [2.45, 2.75) is 102 Å². The van der Waals surface area contributed by atoms with Crippen LogP contribution in [0.5, 0.6) is 0 Å². The third-order valence-corrected chi connectivity index (χ3v) is 5.89. The van der Waals surface area contributed by atoms with E-state index < -0.39 is 27.0 Å². The summed E-state index contributed by atoms with van der Waals surface area (Å²) in [5, 5.41) is 32.6. The molecule has 0 bridgehead atoms. The van der Waals surface area contributed by atoms with E-state index in [0.29, 0.717) is 18.8 Å². The Morgan fingerprint density at radius 2 is 1.10 bits per heavy atom. The van der Waals surface area contributed by atoms with E-state index in [1.807, 2.05) is 6.29 Å². The number of hydrogen-bond donors (Lipinski definition) is 0. The highest BCUT2D eigenvalue weighted by Gasteiger charge is 2.69. The highest BCUT2D eigenvalue weighted by molar-refractivity contribution is 5.50. The van der Waals surface area contributed by atoms with Gasteiger partial charge in [-0.25, -0.2) is 0 Å². The third-order valence-electron chi connectivity index (χ3n) is 5.89. The molecule has 0 spiro atoms. The van der Waals surface area contributed by atoms with Crippen LogP contribution in [0.25, 0.3) is 0 Å². The van der Waals surface area contributed by atoms with Crippen molar-refractivity contribution in [2.75, 3.05) is 0 Å². The molecular weight excluding hydrogens is 382 g/mol. The molecule has 0 aromatic heterocycles.